The van der Waals surface area contributed by atoms with Crippen molar-refractivity contribution in [2.45, 2.75) is 12.8 Å². The zero-order valence-electron chi connectivity index (χ0n) is 19.2. The molecule has 2 amide bonds. The molecule has 0 spiro atoms. The molecule has 1 aromatic heterocycles. The summed E-state index contributed by atoms with van der Waals surface area (Å²) in [6, 6.07) is 13.5. The molecule has 0 radical (unpaired) electrons. The second-order valence-electron chi connectivity index (χ2n) is 8.15. The van der Waals surface area contributed by atoms with E-state index in [2.05, 4.69) is 9.88 Å². The summed E-state index contributed by atoms with van der Waals surface area (Å²) in [6.45, 7) is 4.36. The van der Waals surface area contributed by atoms with E-state index in [1.807, 2.05) is 59.6 Å². The molecule has 2 aliphatic rings. The third kappa shape index (κ3) is 6.22. The summed E-state index contributed by atoms with van der Waals surface area (Å²) in [6.07, 6.45) is 4.83. The zero-order chi connectivity index (χ0) is 23.9. The highest BCUT2D eigenvalue weighted by Gasteiger charge is 2.32. The van der Waals surface area contributed by atoms with E-state index < -0.39 is 0 Å². The summed E-state index contributed by atoms with van der Waals surface area (Å²) in [5.41, 5.74) is 1.99. The fourth-order valence-corrected chi connectivity index (χ4v) is 5.26. The van der Waals surface area contributed by atoms with Crippen molar-refractivity contribution < 1.29 is 14.3 Å². The number of thioether (sulfide) groups is 1. The predicted octanol–water partition coefficient (Wildman–Crippen LogP) is 3.07. The molecule has 0 aliphatic carbocycles. The van der Waals surface area contributed by atoms with Gasteiger partial charge in [0, 0.05) is 64.0 Å². The maximum Gasteiger partial charge on any atom is 0.266 e. The van der Waals surface area contributed by atoms with Crippen LogP contribution in [0.4, 0.5) is 0 Å². The molecule has 0 atom stereocenters. The van der Waals surface area contributed by atoms with Gasteiger partial charge in [0.1, 0.15) is 10.1 Å². The van der Waals surface area contributed by atoms with Gasteiger partial charge in [0.2, 0.25) is 5.91 Å². The van der Waals surface area contributed by atoms with Crippen molar-refractivity contribution in [3.8, 4) is 5.75 Å². The van der Waals surface area contributed by atoms with Crippen LogP contribution >= 0.6 is 24.0 Å². The average Bonchev–Trinajstić information content (AvgIpc) is 3.14. The summed E-state index contributed by atoms with van der Waals surface area (Å²) >= 11 is 6.69. The number of pyridine rings is 1. The van der Waals surface area contributed by atoms with Gasteiger partial charge in [-0.05, 0) is 35.9 Å². The first kappa shape index (κ1) is 24.4. The van der Waals surface area contributed by atoms with Crippen LogP contribution in [0, 0.1) is 0 Å². The number of carbonyl (C=O) groups is 2. The normalized spacial score (nSPS) is 18.1. The molecule has 0 N–H and O–H groups in total. The summed E-state index contributed by atoms with van der Waals surface area (Å²) < 4.78 is 5.67. The molecule has 2 aliphatic heterocycles. The van der Waals surface area contributed by atoms with Crippen LogP contribution in [-0.4, -0.2) is 82.2 Å². The van der Waals surface area contributed by atoms with Crippen LogP contribution in [0.3, 0.4) is 0 Å². The van der Waals surface area contributed by atoms with Gasteiger partial charge in [0.05, 0.1) is 12.0 Å². The van der Waals surface area contributed by atoms with Crippen LogP contribution in [0.15, 0.2) is 53.6 Å². The van der Waals surface area contributed by atoms with Crippen LogP contribution in [-0.2, 0) is 16.0 Å². The highest BCUT2D eigenvalue weighted by Crippen LogP contribution is 2.33. The lowest BCUT2D eigenvalue weighted by atomic mass is 10.2. The molecule has 34 heavy (non-hydrogen) atoms. The molecule has 7 nitrogen and oxygen atoms in total. The van der Waals surface area contributed by atoms with E-state index in [0.717, 1.165) is 43.1 Å². The number of amides is 2. The van der Waals surface area contributed by atoms with Gasteiger partial charge < -0.3 is 9.64 Å². The lowest BCUT2D eigenvalue weighted by molar-refractivity contribution is -0.133. The molecule has 4 rings (SSSR count). The number of rotatable bonds is 8. The smallest absolute Gasteiger partial charge is 0.266 e. The van der Waals surface area contributed by atoms with Gasteiger partial charge in [0.25, 0.3) is 5.91 Å². The topological polar surface area (TPSA) is 66.0 Å². The van der Waals surface area contributed by atoms with E-state index in [1.54, 1.807) is 7.11 Å². The maximum absolute atomic E-state index is 12.9. The molecule has 1 aromatic carbocycles. The molecule has 3 heterocycles. The second kappa shape index (κ2) is 11.6. The van der Waals surface area contributed by atoms with Gasteiger partial charge >= 0.3 is 0 Å². The van der Waals surface area contributed by atoms with E-state index in [0.29, 0.717) is 28.9 Å². The Morgan fingerprint density at radius 1 is 1.12 bits per heavy atom. The molecule has 2 aromatic rings. The van der Waals surface area contributed by atoms with Crippen molar-refractivity contribution in [1.29, 1.82) is 0 Å². The van der Waals surface area contributed by atoms with Gasteiger partial charge in [0.15, 0.2) is 0 Å². The minimum atomic E-state index is -0.141. The Hall–Kier alpha value is -2.75. The lowest BCUT2D eigenvalue weighted by Crippen LogP contribution is -2.49. The number of nitrogens with zero attached hydrogens (tertiary/aromatic N) is 4. The second-order valence-corrected chi connectivity index (χ2v) is 9.83. The Balaban J connectivity index is 1.23. The fraction of sp³-hybridized carbons (Fsp3) is 0.360. The van der Waals surface area contributed by atoms with Crippen LogP contribution in [0.2, 0.25) is 0 Å². The largest absolute Gasteiger partial charge is 0.497 e. The van der Waals surface area contributed by atoms with E-state index in [9.17, 15) is 9.59 Å². The van der Waals surface area contributed by atoms with Crippen molar-refractivity contribution in [2.75, 3.05) is 46.4 Å². The quantitative estimate of drug-likeness (QED) is 0.411. The summed E-state index contributed by atoms with van der Waals surface area (Å²) in [4.78, 5) is 36.4. The summed E-state index contributed by atoms with van der Waals surface area (Å²) in [5.74, 6) is 0.688. The Kier molecular flexibility index (Phi) is 8.31. The zero-order valence-corrected chi connectivity index (χ0v) is 20.8. The SMILES string of the molecule is COc1ccc(/C=C2\SC(=S)N(CCC(=O)N3CCN(CCc4ccccn4)CC3)C2=O)cc1. The maximum atomic E-state index is 12.9. The third-order valence-electron chi connectivity index (χ3n) is 5.97. The van der Waals surface area contributed by atoms with Crippen LogP contribution in [0.1, 0.15) is 17.7 Å². The van der Waals surface area contributed by atoms with Crippen molar-refractivity contribution in [3.63, 3.8) is 0 Å². The van der Waals surface area contributed by atoms with Crippen molar-refractivity contribution in [1.82, 2.24) is 19.7 Å². The molecule has 0 bridgehead atoms. The summed E-state index contributed by atoms with van der Waals surface area (Å²) in [7, 11) is 1.62. The monoisotopic (exact) mass is 496 g/mol. The predicted molar refractivity (Wildman–Crippen MR) is 138 cm³/mol. The van der Waals surface area contributed by atoms with E-state index in [-0.39, 0.29) is 18.2 Å². The first-order chi connectivity index (χ1) is 16.5. The number of benzene rings is 1. The standard InChI is InChI=1S/C25H28N4O3S2/c1-32-21-7-5-19(6-8-21)18-22-24(31)29(25(33)34-22)13-10-23(30)28-16-14-27(15-17-28)12-9-20-4-2-3-11-26-20/h2-8,11,18H,9-10,12-17H2,1H3/b22-18-. The third-order valence-corrected chi connectivity index (χ3v) is 7.35. The number of piperazine rings is 1. The molecular formula is C25H28N4O3S2. The highest BCUT2D eigenvalue weighted by atomic mass is 32.2. The highest BCUT2D eigenvalue weighted by molar-refractivity contribution is 8.26. The van der Waals surface area contributed by atoms with Gasteiger partial charge in [-0.3, -0.25) is 24.4 Å². The molecule has 0 unspecified atom stereocenters. The van der Waals surface area contributed by atoms with E-state index >= 15 is 0 Å². The number of aromatic nitrogens is 1. The van der Waals surface area contributed by atoms with Crippen molar-refractivity contribution in [2.24, 2.45) is 0 Å². The number of ether oxygens (including phenoxy) is 1. The van der Waals surface area contributed by atoms with Crippen molar-refractivity contribution in [3.05, 3.63) is 64.8 Å². The number of hydrogen-bond donors (Lipinski definition) is 0. The van der Waals surface area contributed by atoms with Crippen molar-refractivity contribution >= 4 is 46.2 Å². The Morgan fingerprint density at radius 2 is 1.88 bits per heavy atom. The molecule has 178 valence electrons. The number of thiocarbonyl (C=S) groups is 1. The molecular weight excluding hydrogens is 468 g/mol. The Morgan fingerprint density at radius 3 is 2.56 bits per heavy atom. The lowest BCUT2D eigenvalue weighted by Gasteiger charge is -2.35. The van der Waals surface area contributed by atoms with Crippen LogP contribution < -0.4 is 4.74 Å². The van der Waals surface area contributed by atoms with E-state index in [1.165, 1.54) is 16.7 Å². The van der Waals surface area contributed by atoms with Gasteiger partial charge in [-0.15, -0.1) is 0 Å². The number of carbonyl (C=O) groups excluding carboxylic acids is 2. The van der Waals surface area contributed by atoms with Gasteiger partial charge in [-0.2, -0.15) is 0 Å². The summed E-state index contributed by atoms with van der Waals surface area (Å²) in [5, 5.41) is 0. The minimum Gasteiger partial charge on any atom is -0.497 e. The van der Waals surface area contributed by atoms with Gasteiger partial charge in [-0.25, -0.2) is 0 Å². The average molecular weight is 497 g/mol. The van der Waals surface area contributed by atoms with Crippen LogP contribution in [0.5, 0.6) is 5.75 Å². The van der Waals surface area contributed by atoms with Crippen LogP contribution in [0.25, 0.3) is 6.08 Å². The fourth-order valence-electron chi connectivity index (χ4n) is 3.95. The van der Waals surface area contributed by atoms with E-state index in [4.69, 9.17) is 17.0 Å². The number of methoxy groups -OCH3 is 1. The molecule has 2 fully saturated rings. The molecule has 2 saturated heterocycles. The minimum absolute atomic E-state index is 0.0672. The van der Waals surface area contributed by atoms with Gasteiger partial charge in [-0.1, -0.05) is 42.2 Å². The Labute approximate surface area is 209 Å². The number of hydrogen-bond acceptors (Lipinski definition) is 7. The molecule has 9 heteroatoms. The first-order valence-electron chi connectivity index (χ1n) is 11.3. The molecule has 0 saturated carbocycles. The first-order valence-corrected chi connectivity index (χ1v) is 12.6. The Bertz CT molecular complexity index is 1050.